The molecule has 0 aromatic carbocycles. The van der Waals surface area contributed by atoms with E-state index in [2.05, 4.69) is 27.6 Å². The Morgan fingerprint density at radius 3 is 2.82 bits per heavy atom. The van der Waals surface area contributed by atoms with Gasteiger partial charge >= 0.3 is 0 Å². The normalized spacial score (nSPS) is 22.8. The van der Waals surface area contributed by atoms with Gasteiger partial charge < -0.3 is 15.5 Å². The van der Waals surface area contributed by atoms with Crippen LogP contribution in [0.5, 0.6) is 0 Å². The van der Waals surface area contributed by atoms with E-state index in [0.29, 0.717) is 0 Å². The summed E-state index contributed by atoms with van der Waals surface area (Å²) in [5.74, 6) is 0.275. The Bertz CT molecular complexity index is 574. The van der Waals surface area contributed by atoms with Crippen LogP contribution in [0.1, 0.15) is 18.5 Å². The van der Waals surface area contributed by atoms with Gasteiger partial charge in [0.05, 0.1) is 5.69 Å². The summed E-state index contributed by atoms with van der Waals surface area (Å²) < 4.78 is 0. The average molecular weight is 298 g/mol. The number of hydrogen-bond donors (Lipinski definition) is 2. The summed E-state index contributed by atoms with van der Waals surface area (Å²) in [6.07, 6.45) is 9.39. The minimum absolute atomic E-state index is 0.132. The third-order valence-electron chi connectivity index (χ3n) is 4.23. The Labute approximate surface area is 131 Å². The number of dihydropyridines is 1. The van der Waals surface area contributed by atoms with Gasteiger partial charge in [0.25, 0.3) is 0 Å². The van der Waals surface area contributed by atoms with Crippen LogP contribution < -0.4 is 10.6 Å². The van der Waals surface area contributed by atoms with Crippen molar-refractivity contribution in [2.45, 2.75) is 19.0 Å². The van der Waals surface area contributed by atoms with E-state index in [0.717, 1.165) is 37.2 Å². The maximum atomic E-state index is 12.3. The first-order chi connectivity index (χ1) is 10.7. The maximum Gasteiger partial charge on any atom is 0.225 e. The summed E-state index contributed by atoms with van der Waals surface area (Å²) in [6.45, 7) is 1.99. The van der Waals surface area contributed by atoms with Crippen LogP contribution in [0, 0.1) is 5.92 Å². The molecule has 5 nitrogen and oxygen atoms in total. The predicted molar refractivity (Wildman–Crippen MR) is 86.6 cm³/mol. The molecular weight excluding hydrogens is 276 g/mol. The molecule has 0 saturated carbocycles. The molecule has 1 amide bonds. The van der Waals surface area contributed by atoms with E-state index in [4.69, 9.17) is 0 Å². The lowest BCUT2D eigenvalue weighted by Crippen LogP contribution is -2.47. The van der Waals surface area contributed by atoms with Gasteiger partial charge in [0.2, 0.25) is 5.91 Å². The van der Waals surface area contributed by atoms with E-state index in [1.807, 2.05) is 36.6 Å². The molecule has 0 bridgehead atoms. The zero-order chi connectivity index (χ0) is 15.4. The standard InChI is InChI=1S/C17H22N4O/c1-21-10-7-13(8-11-21)17(22)20-16-6-5-14(12-19-16)15-4-2-3-9-18-15/h2-6,9,12-13,16,19H,7-8,10-11H2,1H3,(H,20,22). The van der Waals surface area contributed by atoms with Gasteiger partial charge in [-0.1, -0.05) is 12.1 Å². The van der Waals surface area contributed by atoms with Crippen LogP contribution in [0.15, 0.2) is 42.7 Å². The highest BCUT2D eigenvalue weighted by atomic mass is 16.2. The first-order valence-electron chi connectivity index (χ1n) is 7.77. The highest BCUT2D eigenvalue weighted by molar-refractivity contribution is 5.80. The number of carbonyl (C=O) groups excluding carboxylic acids is 1. The third kappa shape index (κ3) is 3.54. The minimum atomic E-state index is -0.139. The van der Waals surface area contributed by atoms with E-state index in [9.17, 15) is 4.79 Å². The number of piperidine rings is 1. The molecule has 3 heterocycles. The van der Waals surface area contributed by atoms with Crippen molar-refractivity contribution in [3.63, 3.8) is 0 Å². The molecule has 0 spiro atoms. The summed E-state index contributed by atoms with van der Waals surface area (Å²) in [7, 11) is 2.10. The Hall–Kier alpha value is -2.14. The van der Waals surface area contributed by atoms with E-state index < -0.39 is 0 Å². The number of nitrogens with one attached hydrogen (secondary N) is 2. The van der Waals surface area contributed by atoms with Crippen LogP contribution in [-0.4, -0.2) is 42.1 Å². The Balaban J connectivity index is 1.53. The van der Waals surface area contributed by atoms with Gasteiger partial charge in [0.1, 0.15) is 6.17 Å². The molecule has 2 aliphatic rings. The molecule has 1 atom stereocenters. The lowest BCUT2D eigenvalue weighted by molar-refractivity contribution is -0.126. The number of carbonyl (C=O) groups is 1. The Kier molecular flexibility index (Phi) is 4.53. The highest BCUT2D eigenvalue weighted by Crippen LogP contribution is 2.17. The van der Waals surface area contributed by atoms with Crippen LogP contribution in [0.3, 0.4) is 0 Å². The molecule has 22 heavy (non-hydrogen) atoms. The second-order valence-electron chi connectivity index (χ2n) is 5.90. The number of likely N-dealkylation sites (tertiary alicyclic amines) is 1. The highest BCUT2D eigenvalue weighted by Gasteiger charge is 2.24. The zero-order valence-corrected chi connectivity index (χ0v) is 12.8. The van der Waals surface area contributed by atoms with Crippen molar-refractivity contribution < 1.29 is 4.79 Å². The quantitative estimate of drug-likeness (QED) is 0.885. The molecule has 1 fully saturated rings. The molecule has 1 saturated heterocycles. The lowest BCUT2D eigenvalue weighted by atomic mass is 9.96. The second kappa shape index (κ2) is 6.75. The van der Waals surface area contributed by atoms with Gasteiger partial charge in [-0.15, -0.1) is 0 Å². The van der Waals surface area contributed by atoms with Crippen molar-refractivity contribution in [1.29, 1.82) is 0 Å². The number of pyridine rings is 1. The van der Waals surface area contributed by atoms with Crippen LogP contribution in [0.25, 0.3) is 5.57 Å². The van der Waals surface area contributed by atoms with E-state index in [-0.39, 0.29) is 18.0 Å². The molecule has 1 aromatic heterocycles. The van der Waals surface area contributed by atoms with Crippen LogP contribution in [-0.2, 0) is 4.79 Å². The summed E-state index contributed by atoms with van der Waals surface area (Å²) >= 11 is 0. The third-order valence-corrected chi connectivity index (χ3v) is 4.23. The van der Waals surface area contributed by atoms with Gasteiger partial charge in [0, 0.05) is 23.9 Å². The molecule has 5 heteroatoms. The first kappa shape index (κ1) is 14.8. The Morgan fingerprint density at radius 2 is 2.18 bits per heavy atom. The number of rotatable bonds is 3. The monoisotopic (exact) mass is 298 g/mol. The van der Waals surface area contributed by atoms with E-state index in [1.165, 1.54) is 0 Å². The lowest BCUT2D eigenvalue weighted by Gasteiger charge is -2.29. The molecule has 0 radical (unpaired) electrons. The molecule has 2 N–H and O–H groups in total. The fourth-order valence-corrected chi connectivity index (χ4v) is 2.81. The number of amides is 1. The molecule has 3 rings (SSSR count). The van der Waals surface area contributed by atoms with Crippen molar-refractivity contribution in [2.24, 2.45) is 5.92 Å². The van der Waals surface area contributed by atoms with Crippen molar-refractivity contribution in [3.05, 3.63) is 48.4 Å². The van der Waals surface area contributed by atoms with Crippen molar-refractivity contribution in [1.82, 2.24) is 20.5 Å². The Morgan fingerprint density at radius 1 is 1.36 bits per heavy atom. The van der Waals surface area contributed by atoms with Gasteiger partial charge in [-0.3, -0.25) is 9.78 Å². The molecule has 1 unspecified atom stereocenters. The summed E-state index contributed by atoms with van der Waals surface area (Å²) in [5, 5.41) is 6.27. The summed E-state index contributed by atoms with van der Waals surface area (Å²) in [5.41, 5.74) is 1.94. The van der Waals surface area contributed by atoms with Gasteiger partial charge in [-0.25, -0.2) is 0 Å². The SMILES string of the molecule is CN1CCC(C(=O)NC2C=CC(c3ccccn3)=CN2)CC1. The molecule has 0 aliphatic carbocycles. The molecular formula is C17H22N4O. The van der Waals surface area contributed by atoms with Crippen LogP contribution in [0.2, 0.25) is 0 Å². The van der Waals surface area contributed by atoms with Gasteiger partial charge in [-0.05, 0) is 51.2 Å². The molecule has 116 valence electrons. The van der Waals surface area contributed by atoms with E-state index in [1.54, 1.807) is 6.20 Å². The zero-order valence-electron chi connectivity index (χ0n) is 12.8. The van der Waals surface area contributed by atoms with Crippen molar-refractivity contribution in [3.8, 4) is 0 Å². The van der Waals surface area contributed by atoms with Gasteiger partial charge in [-0.2, -0.15) is 0 Å². The number of hydrogen-bond acceptors (Lipinski definition) is 4. The first-order valence-corrected chi connectivity index (χ1v) is 7.77. The van der Waals surface area contributed by atoms with Gasteiger partial charge in [0.15, 0.2) is 0 Å². The van der Waals surface area contributed by atoms with Crippen molar-refractivity contribution in [2.75, 3.05) is 20.1 Å². The summed E-state index contributed by atoms with van der Waals surface area (Å²) in [6, 6.07) is 5.83. The molecule has 2 aliphatic heterocycles. The summed E-state index contributed by atoms with van der Waals surface area (Å²) in [4.78, 5) is 18.9. The fraction of sp³-hybridized carbons (Fsp3) is 0.412. The maximum absolute atomic E-state index is 12.3. The largest absolute Gasteiger partial charge is 0.367 e. The second-order valence-corrected chi connectivity index (χ2v) is 5.90. The van der Waals surface area contributed by atoms with Crippen molar-refractivity contribution >= 4 is 11.5 Å². The number of aromatic nitrogens is 1. The number of nitrogens with zero attached hydrogens (tertiary/aromatic N) is 2. The van der Waals surface area contributed by atoms with Crippen LogP contribution >= 0.6 is 0 Å². The van der Waals surface area contributed by atoms with E-state index >= 15 is 0 Å². The number of allylic oxidation sites excluding steroid dienone is 2. The van der Waals surface area contributed by atoms with Crippen LogP contribution in [0.4, 0.5) is 0 Å². The fourth-order valence-electron chi connectivity index (χ4n) is 2.81. The predicted octanol–water partition coefficient (Wildman–Crippen LogP) is 1.37. The average Bonchev–Trinajstić information content (AvgIpc) is 2.57. The minimum Gasteiger partial charge on any atom is -0.367 e. The topological polar surface area (TPSA) is 57.3 Å². The molecule has 1 aromatic rings. The smallest absolute Gasteiger partial charge is 0.225 e.